The molecule has 0 radical (unpaired) electrons. The third-order valence-electron chi connectivity index (χ3n) is 5.44. The number of likely N-dealkylation sites (tertiary alicyclic amines) is 1. The van der Waals surface area contributed by atoms with Crippen molar-refractivity contribution in [1.82, 2.24) is 14.8 Å². The second-order valence-corrected chi connectivity index (χ2v) is 7.29. The van der Waals surface area contributed by atoms with Gasteiger partial charge in [-0.25, -0.2) is 0 Å². The summed E-state index contributed by atoms with van der Waals surface area (Å²) in [5.74, 6) is 0.178. The van der Waals surface area contributed by atoms with E-state index in [9.17, 15) is 4.79 Å². The smallest absolute Gasteiger partial charge is 0.239 e. The first kappa shape index (κ1) is 19.3. The summed E-state index contributed by atoms with van der Waals surface area (Å²) in [4.78, 5) is 22.8. The molecule has 1 atom stereocenters. The minimum atomic E-state index is -0.762. The highest BCUT2D eigenvalue weighted by Gasteiger charge is 2.45. The fourth-order valence-corrected chi connectivity index (χ4v) is 3.96. The Morgan fingerprint density at radius 2 is 1.89 bits per heavy atom. The lowest BCUT2D eigenvalue weighted by atomic mass is 9.73. The quantitative estimate of drug-likeness (QED) is 0.674. The van der Waals surface area contributed by atoms with Gasteiger partial charge in [-0.3, -0.25) is 9.78 Å². The molecule has 0 aliphatic carbocycles. The van der Waals surface area contributed by atoms with Crippen molar-refractivity contribution in [3.63, 3.8) is 0 Å². The Balaban J connectivity index is 2.08. The second kappa shape index (κ2) is 8.96. The number of hydrogen-bond acceptors (Lipinski definition) is 3. The molecule has 0 saturated carbocycles. The standard InChI is InChI=1S/C23H29N3O/c1-3-16-25(2)19-14-23(20-11-5-4-6-12-20,21-13-7-8-15-24-21)22(27)26-17-9-10-18-26/h3-8,11-13,15H,1,9-10,14,16-19H2,2H3. The van der Waals surface area contributed by atoms with Crippen LogP contribution in [0.15, 0.2) is 67.4 Å². The zero-order valence-electron chi connectivity index (χ0n) is 16.2. The van der Waals surface area contributed by atoms with Gasteiger partial charge >= 0.3 is 0 Å². The highest BCUT2D eigenvalue weighted by molar-refractivity contribution is 5.92. The molecule has 3 rings (SSSR count). The zero-order chi connectivity index (χ0) is 19.1. The Morgan fingerprint density at radius 3 is 2.52 bits per heavy atom. The van der Waals surface area contributed by atoms with Crippen LogP contribution >= 0.6 is 0 Å². The van der Waals surface area contributed by atoms with Crippen molar-refractivity contribution in [3.8, 4) is 0 Å². The van der Waals surface area contributed by atoms with Gasteiger partial charge in [-0.15, -0.1) is 6.58 Å². The number of hydrogen-bond donors (Lipinski definition) is 0. The monoisotopic (exact) mass is 363 g/mol. The van der Waals surface area contributed by atoms with E-state index in [1.807, 2.05) is 47.4 Å². The molecule has 4 nitrogen and oxygen atoms in total. The molecule has 2 aromatic rings. The maximum Gasteiger partial charge on any atom is 0.239 e. The molecular formula is C23H29N3O. The van der Waals surface area contributed by atoms with E-state index < -0.39 is 5.41 Å². The Kier molecular flexibility index (Phi) is 6.40. The summed E-state index contributed by atoms with van der Waals surface area (Å²) in [5.41, 5.74) is 1.09. The van der Waals surface area contributed by atoms with E-state index in [1.165, 1.54) is 0 Å². The summed E-state index contributed by atoms with van der Waals surface area (Å²) in [6.45, 7) is 7.09. The van der Waals surface area contributed by atoms with Crippen LogP contribution in [0.4, 0.5) is 0 Å². The topological polar surface area (TPSA) is 36.4 Å². The molecule has 1 aliphatic heterocycles. The molecule has 1 saturated heterocycles. The Hall–Kier alpha value is -2.46. The van der Waals surface area contributed by atoms with Gasteiger partial charge in [0.2, 0.25) is 5.91 Å². The Labute approximate surface area is 162 Å². The normalized spacial score (nSPS) is 16.3. The number of likely N-dealkylation sites (N-methyl/N-ethyl adjacent to an activating group) is 1. The van der Waals surface area contributed by atoms with Crippen molar-refractivity contribution in [2.45, 2.75) is 24.7 Å². The lowest BCUT2D eigenvalue weighted by Gasteiger charge is -2.37. The number of aromatic nitrogens is 1. The first-order valence-electron chi connectivity index (χ1n) is 9.74. The number of carbonyl (C=O) groups excluding carboxylic acids is 1. The van der Waals surface area contributed by atoms with Gasteiger partial charge in [0.05, 0.1) is 5.69 Å². The van der Waals surface area contributed by atoms with E-state index in [0.717, 1.165) is 50.3 Å². The van der Waals surface area contributed by atoms with E-state index in [-0.39, 0.29) is 5.91 Å². The summed E-state index contributed by atoms with van der Waals surface area (Å²) < 4.78 is 0. The largest absolute Gasteiger partial charge is 0.342 e. The second-order valence-electron chi connectivity index (χ2n) is 7.29. The fourth-order valence-electron chi connectivity index (χ4n) is 3.96. The molecular weight excluding hydrogens is 334 g/mol. The zero-order valence-corrected chi connectivity index (χ0v) is 16.2. The van der Waals surface area contributed by atoms with Crippen molar-refractivity contribution >= 4 is 5.91 Å². The molecule has 4 heteroatoms. The predicted molar refractivity (Wildman–Crippen MR) is 110 cm³/mol. The van der Waals surface area contributed by atoms with E-state index in [2.05, 4.69) is 35.6 Å². The van der Waals surface area contributed by atoms with Crippen LogP contribution in [0, 0.1) is 0 Å². The summed E-state index contributed by atoms with van der Waals surface area (Å²) in [7, 11) is 2.07. The van der Waals surface area contributed by atoms with E-state index >= 15 is 0 Å². The summed E-state index contributed by atoms with van der Waals surface area (Å²) in [5, 5.41) is 0. The fraction of sp³-hybridized carbons (Fsp3) is 0.391. The van der Waals surface area contributed by atoms with E-state index in [1.54, 1.807) is 6.20 Å². The van der Waals surface area contributed by atoms with Gasteiger partial charge in [-0.1, -0.05) is 42.5 Å². The summed E-state index contributed by atoms with van der Waals surface area (Å²) in [6.07, 6.45) is 6.53. The molecule has 0 spiro atoms. The molecule has 27 heavy (non-hydrogen) atoms. The SMILES string of the molecule is C=CCN(C)CCC(C(=O)N1CCCC1)(c1ccccc1)c1ccccn1. The lowest BCUT2D eigenvalue weighted by molar-refractivity contribution is -0.135. The molecule has 0 bridgehead atoms. The lowest BCUT2D eigenvalue weighted by Crippen LogP contribution is -2.48. The average molecular weight is 364 g/mol. The van der Waals surface area contributed by atoms with Crippen molar-refractivity contribution in [3.05, 3.63) is 78.6 Å². The van der Waals surface area contributed by atoms with Crippen LogP contribution in [-0.2, 0) is 10.2 Å². The number of carbonyl (C=O) groups is 1. The molecule has 2 heterocycles. The van der Waals surface area contributed by atoms with E-state index in [0.29, 0.717) is 6.42 Å². The van der Waals surface area contributed by atoms with Crippen molar-refractivity contribution in [2.24, 2.45) is 0 Å². The van der Waals surface area contributed by atoms with Gasteiger partial charge < -0.3 is 9.80 Å². The van der Waals surface area contributed by atoms with Gasteiger partial charge in [0, 0.05) is 25.8 Å². The Morgan fingerprint density at radius 1 is 1.19 bits per heavy atom. The van der Waals surface area contributed by atoms with Crippen molar-refractivity contribution < 1.29 is 4.79 Å². The van der Waals surface area contributed by atoms with Crippen molar-refractivity contribution in [1.29, 1.82) is 0 Å². The van der Waals surface area contributed by atoms with Gasteiger partial charge in [0.1, 0.15) is 5.41 Å². The van der Waals surface area contributed by atoms with Crippen LogP contribution < -0.4 is 0 Å². The summed E-state index contributed by atoms with van der Waals surface area (Å²) >= 11 is 0. The maximum atomic E-state index is 13.9. The molecule has 1 unspecified atom stereocenters. The van der Waals surface area contributed by atoms with Crippen molar-refractivity contribution in [2.75, 3.05) is 33.2 Å². The number of benzene rings is 1. The third kappa shape index (κ3) is 4.11. The summed E-state index contributed by atoms with van der Waals surface area (Å²) in [6, 6.07) is 16.0. The predicted octanol–water partition coefficient (Wildman–Crippen LogP) is 3.50. The van der Waals surface area contributed by atoms with Crippen LogP contribution in [0.2, 0.25) is 0 Å². The number of amides is 1. The van der Waals surface area contributed by atoms with Crippen LogP contribution in [0.5, 0.6) is 0 Å². The molecule has 1 aliphatic rings. The van der Waals surface area contributed by atoms with Gasteiger partial charge in [0.15, 0.2) is 0 Å². The van der Waals surface area contributed by atoms with Crippen LogP contribution in [0.3, 0.4) is 0 Å². The van der Waals surface area contributed by atoms with E-state index in [4.69, 9.17) is 0 Å². The molecule has 1 aromatic carbocycles. The molecule has 142 valence electrons. The minimum absolute atomic E-state index is 0.178. The molecule has 1 aromatic heterocycles. The Bertz CT molecular complexity index is 699. The van der Waals surface area contributed by atoms with Gasteiger partial charge in [0.25, 0.3) is 0 Å². The first-order valence-corrected chi connectivity index (χ1v) is 9.74. The van der Waals surface area contributed by atoms with Gasteiger partial charge in [-0.05, 0) is 50.6 Å². The number of nitrogens with zero attached hydrogens (tertiary/aromatic N) is 3. The number of pyridine rings is 1. The first-order chi connectivity index (χ1) is 13.2. The maximum absolute atomic E-state index is 13.9. The van der Waals surface area contributed by atoms with Crippen LogP contribution in [0.1, 0.15) is 30.5 Å². The van der Waals surface area contributed by atoms with Gasteiger partial charge in [-0.2, -0.15) is 0 Å². The third-order valence-corrected chi connectivity index (χ3v) is 5.44. The van der Waals surface area contributed by atoms with Crippen LogP contribution in [-0.4, -0.2) is 53.9 Å². The molecule has 0 N–H and O–H groups in total. The average Bonchev–Trinajstić information content (AvgIpc) is 3.25. The highest BCUT2D eigenvalue weighted by atomic mass is 16.2. The number of rotatable bonds is 8. The minimum Gasteiger partial charge on any atom is -0.342 e. The molecule has 1 amide bonds. The van der Waals surface area contributed by atoms with Crippen LogP contribution in [0.25, 0.3) is 0 Å². The molecule has 1 fully saturated rings. The highest BCUT2D eigenvalue weighted by Crippen LogP contribution is 2.37.